The van der Waals surface area contributed by atoms with Gasteiger partial charge in [-0.15, -0.1) is 0 Å². The minimum absolute atomic E-state index is 0. The molecule has 0 fully saturated rings. The van der Waals surface area contributed by atoms with E-state index in [-0.39, 0.29) is 96.4 Å². The molecule has 11 heteroatoms. The Kier molecular flexibility index (Phi) is 81.7. The van der Waals surface area contributed by atoms with Crippen LogP contribution in [0.3, 0.4) is 0 Å². The fourth-order valence-corrected chi connectivity index (χ4v) is 0. The molecule has 4 radical (unpaired) electrons. The van der Waals surface area contributed by atoms with Gasteiger partial charge in [0.05, 0.1) is 0 Å². The van der Waals surface area contributed by atoms with Crippen molar-refractivity contribution in [1.29, 1.82) is 0 Å². The maximum atomic E-state index is 9.00. The van der Waals surface area contributed by atoms with Crippen LogP contribution in [-0.2, 0) is 19.2 Å². The van der Waals surface area contributed by atoms with Crippen molar-refractivity contribution in [3.05, 3.63) is 0 Å². The van der Waals surface area contributed by atoms with Crippen LogP contribution in [0.15, 0.2) is 0 Å². The largest absolute Gasteiger partial charge is 0.481 e. The molecule has 0 aliphatic carbocycles. The fraction of sp³-hybridized carbons (Fsp3) is 0.500. The van der Waals surface area contributed by atoms with Crippen LogP contribution in [0.5, 0.6) is 0 Å². The second-order valence-corrected chi connectivity index (χ2v) is 2.08. The van der Waals surface area contributed by atoms with E-state index >= 15 is 0 Å². The van der Waals surface area contributed by atoms with Gasteiger partial charge in [0.1, 0.15) is 0 Å². The van der Waals surface area contributed by atoms with Crippen molar-refractivity contribution in [1.82, 2.24) is 0 Å². The zero-order valence-electron chi connectivity index (χ0n) is 11.3. The number of carboxylic acid groups (broad SMARTS) is 4. The molecule has 0 aromatic rings. The van der Waals surface area contributed by atoms with Gasteiger partial charge in [0.15, 0.2) is 0 Å². The van der Waals surface area contributed by atoms with Crippen LogP contribution in [0.25, 0.3) is 0 Å². The summed E-state index contributed by atoms with van der Waals surface area (Å²) in [4.78, 5) is 36.0. The first-order valence-corrected chi connectivity index (χ1v) is 3.71. The van der Waals surface area contributed by atoms with Crippen molar-refractivity contribution in [2.45, 2.75) is 27.7 Å². The summed E-state index contributed by atoms with van der Waals surface area (Å²) in [5.74, 6) is -3.33. The van der Waals surface area contributed by atoms with Crippen molar-refractivity contribution in [3.8, 4) is 0 Å². The number of hydrogen-bond donors (Lipinski definition) is 4. The molecule has 0 saturated carbocycles. The van der Waals surface area contributed by atoms with Crippen LogP contribution in [0.4, 0.5) is 0 Å². The van der Waals surface area contributed by atoms with E-state index < -0.39 is 23.9 Å². The Balaban J connectivity index is -0.0000000192. The van der Waals surface area contributed by atoms with Gasteiger partial charge in [0, 0.05) is 119 Å². The predicted octanol–water partition coefficient (Wildman–Crippen LogP) is -1.22. The summed E-state index contributed by atoms with van der Waals surface area (Å²) >= 11 is 0. The zero-order valence-corrected chi connectivity index (χ0v) is 18.3. The maximum absolute atomic E-state index is 9.00. The van der Waals surface area contributed by atoms with Gasteiger partial charge >= 0.3 is 0 Å². The summed E-state index contributed by atoms with van der Waals surface area (Å²) in [6.07, 6.45) is 0. The van der Waals surface area contributed by atoms with Gasteiger partial charge in [-0.2, -0.15) is 0 Å². The molecule has 0 bridgehead atoms. The number of rotatable bonds is 0. The smallest absolute Gasteiger partial charge is 0.300 e. The van der Waals surface area contributed by atoms with Crippen molar-refractivity contribution >= 4 is 115 Å². The Morgan fingerprint density at radius 2 is 0.526 bits per heavy atom. The Morgan fingerprint density at radius 1 is 0.526 bits per heavy atom. The molecule has 0 amide bonds. The molecular formula is C8H18O9Sr2. The Labute approximate surface area is 184 Å². The summed E-state index contributed by atoms with van der Waals surface area (Å²) in [6.45, 7) is 4.33. The third-order valence-electron chi connectivity index (χ3n) is 0. The fourth-order valence-electron chi connectivity index (χ4n) is 0. The van der Waals surface area contributed by atoms with Gasteiger partial charge in [-0.25, -0.2) is 0 Å². The third-order valence-corrected chi connectivity index (χ3v) is 0. The van der Waals surface area contributed by atoms with Crippen LogP contribution < -0.4 is 0 Å². The molecule has 0 aromatic carbocycles. The van der Waals surface area contributed by atoms with E-state index in [1.165, 1.54) is 0 Å². The molecule has 0 aromatic heterocycles. The average Bonchev–Trinajstić information content (AvgIpc) is 1.76. The van der Waals surface area contributed by atoms with Gasteiger partial charge in [0.25, 0.3) is 23.9 Å². The normalized spacial score (nSPS) is 5.26. The van der Waals surface area contributed by atoms with Crippen LogP contribution in [0.2, 0.25) is 0 Å². The number of aliphatic carboxylic acids is 4. The second kappa shape index (κ2) is 36.4. The Hall–Kier alpha value is 0.801. The summed E-state index contributed by atoms with van der Waals surface area (Å²) < 4.78 is 0. The first-order chi connectivity index (χ1) is 6.93. The van der Waals surface area contributed by atoms with Crippen molar-refractivity contribution in [3.63, 3.8) is 0 Å². The molecule has 0 aliphatic heterocycles. The molecule has 0 atom stereocenters. The van der Waals surface area contributed by atoms with Crippen LogP contribution in [0.1, 0.15) is 27.7 Å². The summed E-state index contributed by atoms with van der Waals surface area (Å²) in [5, 5.41) is 29.7. The van der Waals surface area contributed by atoms with Crippen molar-refractivity contribution in [2.75, 3.05) is 0 Å². The first kappa shape index (κ1) is 42.7. The van der Waals surface area contributed by atoms with E-state index in [4.69, 9.17) is 39.6 Å². The molecule has 0 heterocycles. The van der Waals surface area contributed by atoms with Gasteiger partial charge in [-0.05, 0) is 0 Å². The van der Waals surface area contributed by atoms with Gasteiger partial charge in [-0.1, -0.05) is 0 Å². The van der Waals surface area contributed by atoms with Crippen LogP contribution in [0, 0.1) is 0 Å². The van der Waals surface area contributed by atoms with Gasteiger partial charge in [-0.3, -0.25) is 19.2 Å². The molecule has 0 unspecified atom stereocenters. The molecule has 0 saturated heterocycles. The van der Waals surface area contributed by atoms with Gasteiger partial charge < -0.3 is 25.9 Å². The molecule has 108 valence electrons. The maximum Gasteiger partial charge on any atom is 0.300 e. The number of carboxylic acids is 4. The number of carbonyl (C=O) groups is 4. The molecular weight excluding hydrogens is 415 g/mol. The van der Waals surface area contributed by atoms with E-state index in [2.05, 4.69) is 0 Å². The Morgan fingerprint density at radius 3 is 0.526 bits per heavy atom. The minimum atomic E-state index is -0.833. The zero-order chi connectivity index (χ0) is 14.3. The van der Waals surface area contributed by atoms with Gasteiger partial charge in [0.2, 0.25) is 0 Å². The quantitative estimate of drug-likeness (QED) is 0.343. The molecule has 0 rings (SSSR count). The third kappa shape index (κ3) is 8270. The average molecular weight is 433 g/mol. The van der Waals surface area contributed by atoms with E-state index in [0.717, 1.165) is 27.7 Å². The standard InChI is InChI=1S/4C2H4O2.H2O.2Sr/c4*1-2(3)4;;;/h4*1H3,(H,3,4);1H2;;. The molecule has 0 aliphatic rings. The molecule has 6 N–H and O–H groups in total. The van der Waals surface area contributed by atoms with Crippen LogP contribution >= 0.6 is 0 Å². The van der Waals surface area contributed by atoms with E-state index in [0.29, 0.717) is 0 Å². The molecule has 0 spiro atoms. The Bertz CT molecular complexity index is 166. The molecule has 19 heavy (non-hydrogen) atoms. The topological polar surface area (TPSA) is 181 Å². The van der Waals surface area contributed by atoms with E-state index in [1.54, 1.807) is 0 Å². The SMILES string of the molecule is CC(=O)O.CC(=O)O.CC(=O)O.CC(=O)O.O.[Sr].[Sr]. The van der Waals surface area contributed by atoms with Crippen molar-refractivity contribution in [2.24, 2.45) is 0 Å². The molecule has 9 nitrogen and oxygen atoms in total. The van der Waals surface area contributed by atoms with E-state index in [9.17, 15) is 0 Å². The first-order valence-electron chi connectivity index (χ1n) is 3.71. The number of hydrogen-bond acceptors (Lipinski definition) is 4. The second-order valence-electron chi connectivity index (χ2n) is 2.08. The summed E-state index contributed by atoms with van der Waals surface area (Å²) in [7, 11) is 0. The predicted molar refractivity (Wildman–Crippen MR) is 68.4 cm³/mol. The van der Waals surface area contributed by atoms with E-state index in [1.807, 2.05) is 0 Å². The summed E-state index contributed by atoms with van der Waals surface area (Å²) in [5.41, 5.74) is 0. The summed E-state index contributed by atoms with van der Waals surface area (Å²) in [6, 6.07) is 0. The minimum Gasteiger partial charge on any atom is -0.481 e. The van der Waals surface area contributed by atoms with Crippen LogP contribution in [-0.4, -0.2) is 141 Å². The van der Waals surface area contributed by atoms with Crippen molar-refractivity contribution < 1.29 is 45.1 Å². The monoisotopic (exact) mass is 434 g/mol.